The minimum atomic E-state index is -0.867. The first-order chi connectivity index (χ1) is 9.09. The monoisotopic (exact) mass is 264 g/mol. The Morgan fingerprint density at radius 1 is 1.47 bits per heavy atom. The number of phenolic OH excluding ortho intramolecular Hbond substituents is 1. The number of benzene rings is 1. The van der Waals surface area contributed by atoms with Gasteiger partial charge in [0.1, 0.15) is 5.75 Å². The third-order valence-electron chi connectivity index (χ3n) is 2.71. The second-order valence-electron chi connectivity index (χ2n) is 4.36. The van der Waals surface area contributed by atoms with Gasteiger partial charge in [-0.05, 0) is 19.1 Å². The molecule has 19 heavy (non-hydrogen) atoms. The maximum absolute atomic E-state index is 11.6. The molecule has 1 fully saturated rings. The summed E-state index contributed by atoms with van der Waals surface area (Å²) < 4.78 is 10.6. The van der Waals surface area contributed by atoms with E-state index in [9.17, 15) is 9.90 Å². The number of amides is 1. The van der Waals surface area contributed by atoms with Crippen molar-refractivity contribution in [2.75, 3.05) is 13.2 Å². The number of hydrazone groups is 1. The Labute approximate surface area is 111 Å². The second-order valence-corrected chi connectivity index (χ2v) is 4.36. The molecular weight excluding hydrogens is 248 g/mol. The van der Waals surface area contributed by atoms with Crippen molar-refractivity contribution in [3.63, 3.8) is 0 Å². The number of ether oxygens (including phenoxy) is 2. The molecule has 1 aliphatic rings. The maximum atomic E-state index is 11.6. The van der Waals surface area contributed by atoms with Crippen molar-refractivity contribution in [2.24, 2.45) is 5.10 Å². The number of para-hydroxylation sites is 1. The highest BCUT2D eigenvalue weighted by Crippen LogP contribution is 2.22. The Balaban J connectivity index is 1.85. The van der Waals surface area contributed by atoms with Crippen LogP contribution in [0.3, 0.4) is 0 Å². The van der Waals surface area contributed by atoms with Gasteiger partial charge in [-0.15, -0.1) is 0 Å². The molecular formula is C13H16N2O4. The first-order valence-electron chi connectivity index (χ1n) is 5.97. The Morgan fingerprint density at radius 2 is 2.16 bits per heavy atom. The summed E-state index contributed by atoms with van der Waals surface area (Å²) in [7, 11) is 0. The third-order valence-corrected chi connectivity index (χ3v) is 2.71. The van der Waals surface area contributed by atoms with Crippen LogP contribution in [0, 0.1) is 0 Å². The summed E-state index contributed by atoms with van der Waals surface area (Å²) in [5, 5.41) is 13.3. The van der Waals surface area contributed by atoms with E-state index in [4.69, 9.17) is 9.47 Å². The largest absolute Gasteiger partial charge is 0.507 e. The minimum absolute atomic E-state index is 0.0745. The zero-order chi connectivity index (χ0) is 13.7. The Morgan fingerprint density at radius 3 is 2.84 bits per heavy atom. The van der Waals surface area contributed by atoms with Gasteiger partial charge in [0, 0.05) is 5.56 Å². The molecule has 6 heteroatoms. The van der Waals surface area contributed by atoms with Crippen LogP contribution in [0.15, 0.2) is 29.4 Å². The molecule has 0 radical (unpaired) electrons. The lowest BCUT2D eigenvalue weighted by Gasteiger charge is -2.20. The van der Waals surface area contributed by atoms with Gasteiger partial charge in [0.05, 0.1) is 25.8 Å². The molecule has 0 bridgehead atoms. The van der Waals surface area contributed by atoms with Crippen LogP contribution < -0.4 is 5.43 Å². The zero-order valence-corrected chi connectivity index (χ0v) is 10.6. The van der Waals surface area contributed by atoms with Crippen LogP contribution in [-0.4, -0.2) is 36.2 Å². The second kappa shape index (κ2) is 5.81. The number of nitrogens with zero attached hydrogens (tertiary/aromatic N) is 1. The van der Waals surface area contributed by atoms with E-state index >= 15 is 0 Å². The van der Waals surface area contributed by atoms with E-state index in [-0.39, 0.29) is 18.1 Å². The molecule has 0 aliphatic carbocycles. The van der Waals surface area contributed by atoms with E-state index in [1.165, 1.54) is 6.21 Å². The molecule has 1 heterocycles. The first kappa shape index (κ1) is 13.5. The molecule has 0 unspecified atom stereocenters. The topological polar surface area (TPSA) is 80.2 Å². The summed E-state index contributed by atoms with van der Waals surface area (Å²) in [4.78, 5) is 11.6. The standard InChI is InChI=1S/C13H16N2O4/c1-13(18-6-7-19-13)8-12(17)15-14-9-10-4-2-3-5-11(10)16/h2-5,9,16H,6-8H2,1H3,(H,15,17). The fourth-order valence-electron chi connectivity index (χ4n) is 1.76. The lowest BCUT2D eigenvalue weighted by Crippen LogP contribution is -2.33. The molecule has 1 aromatic carbocycles. The number of carbonyl (C=O) groups is 1. The van der Waals surface area contributed by atoms with E-state index in [0.717, 1.165) is 0 Å². The van der Waals surface area contributed by atoms with Crippen LogP contribution >= 0.6 is 0 Å². The van der Waals surface area contributed by atoms with Gasteiger partial charge in [-0.3, -0.25) is 4.79 Å². The molecule has 0 atom stereocenters. The quantitative estimate of drug-likeness (QED) is 0.628. The summed E-state index contributed by atoms with van der Waals surface area (Å²) in [5.41, 5.74) is 2.90. The van der Waals surface area contributed by atoms with Gasteiger partial charge in [0.2, 0.25) is 5.91 Å². The minimum Gasteiger partial charge on any atom is -0.507 e. The van der Waals surface area contributed by atoms with Gasteiger partial charge in [-0.2, -0.15) is 5.10 Å². The van der Waals surface area contributed by atoms with E-state index in [1.54, 1.807) is 31.2 Å². The molecule has 2 N–H and O–H groups in total. The summed E-state index contributed by atoms with van der Waals surface area (Å²) >= 11 is 0. The van der Waals surface area contributed by atoms with Crippen LogP contribution in [0.2, 0.25) is 0 Å². The van der Waals surface area contributed by atoms with Crippen molar-refractivity contribution in [3.05, 3.63) is 29.8 Å². The normalized spacial score (nSPS) is 17.7. The van der Waals surface area contributed by atoms with Crippen LogP contribution in [0.5, 0.6) is 5.75 Å². The Bertz CT molecular complexity index is 481. The molecule has 2 rings (SSSR count). The van der Waals surface area contributed by atoms with Crippen molar-refractivity contribution < 1.29 is 19.4 Å². The Hall–Kier alpha value is -1.92. The number of carbonyl (C=O) groups excluding carboxylic acids is 1. The summed E-state index contributed by atoms with van der Waals surface area (Å²) in [5.74, 6) is -1.07. The lowest BCUT2D eigenvalue weighted by atomic mass is 10.2. The van der Waals surface area contributed by atoms with Crippen LogP contribution in [0.25, 0.3) is 0 Å². The number of rotatable bonds is 4. The molecule has 102 valence electrons. The average Bonchev–Trinajstić information content (AvgIpc) is 2.78. The SMILES string of the molecule is CC1(CC(=O)NN=Cc2ccccc2O)OCCO1. The number of hydrogen-bond acceptors (Lipinski definition) is 5. The summed E-state index contributed by atoms with van der Waals surface area (Å²) in [6.45, 7) is 2.70. The van der Waals surface area contributed by atoms with Crippen molar-refractivity contribution in [3.8, 4) is 5.75 Å². The van der Waals surface area contributed by atoms with E-state index in [1.807, 2.05) is 0 Å². The number of aromatic hydroxyl groups is 1. The lowest BCUT2D eigenvalue weighted by molar-refractivity contribution is -0.159. The Kier molecular flexibility index (Phi) is 4.13. The zero-order valence-electron chi connectivity index (χ0n) is 10.6. The highest BCUT2D eigenvalue weighted by Gasteiger charge is 2.33. The molecule has 0 saturated carbocycles. The van der Waals surface area contributed by atoms with Gasteiger partial charge < -0.3 is 14.6 Å². The van der Waals surface area contributed by atoms with Gasteiger partial charge >= 0.3 is 0 Å². The smallest absolute Gasteiger partial charge is 0.245 e. The van der Waals surface area contributed by atoms with Crippen molar-refractivity contribution >= 4 is 12.1 Å². The summed E-state index contributed by atoms with van der Waals surface area (Å²) in [6, 6.07) is 6.71. The van der Waals surface area contributed by atoms with Crippen LogP contribution in [-0.2, 0) is 14.3 Å². The van der Waals surface area contributed by atoms with Gasteiger partial charge in [0.15, 0.2) is 5.79 Å². The molecule has 1 amide bonds. The maximum Gasteiger partial charge on any atom is 0.245 e. The first-order valence-corrected chi connectivity index (χ1v) is 5.97. The van der Waals surface area contributed by atoms with Gasteiger partial charge in [-0.25, -0.2) is 5.43 Å². The van der Waals surface area contributed by atoms with E-state index < -0.39 is 5.79 Å². The van der Waals surface area contributed by atoms with E-state index in [2.05, 4.69) is 10.5 Å². The number of phenols is 1. The van der Waals surface area contributed by atoms with Crippen molar-refractivity contribution in [2.45, 2.75) is 19.1 Å². The molecule has 1 aliphatic heterocycles. The van der Waals surface area contributed by atoms with Crippen LogP contribution in [0.4, 0.5) is 0 Å². The highest BCUT2D eigenvalue weighted by molar-refractivity contribution is 5.85. The van der Waals surface area contributed by atoms with Crippen LogP contribution in [0.1, 0.15) is 18.9 Å². The predicted octanol–water partition coefficient (Wildman–Crippen LogP) is 0.995. The van der Waals surface area contributed by atoms with Gasteiger partial charge in [-0.1, -0.05) is 12.1 Å². The molecule has 6 nitrogen and oxygen atoms in total. The fraction of sp³-hybridized carbons (Fsp3) is 0.385. The highest BCUT2D eigenvalue weighted by atomic mass is 16.7. The summed E-state index contributed by atoms with van der Waals surface area (Å²) in [6.07, 6.45) is 1.46. The molecule has 0 spiro atoms. The molecule has 1 aromatic rings. The average molecular weight is 264 g/mol. The van der Waals surface area contributed by atoms with Crippen molar-refractivity contribution in [1.82, 2.24) is 5.43 Å². The fourth-order valence-corrected chi connectivity index (χ4v) is 1.76. The van der Waals surface area contributed by atoms with Gasteiger partial charge in [0.25, 0.3) is 0 Å². The van der Waals surface area contributed by atoms with E-state index in [0.29, 0.717) is 18.8 Å². The molecule has 1 saturated heterocycles. The molecule has 0 aromatic heterocycles. The predicted molar refractivity (Wildman–Crippen MR) is 68.8 cm³/mol. The number of nitrogens with one attached hydrogen (secondary N) is 1. The third kappa shape index (κ3) is 3.77. The number of hydrogen-bond donors (Lipinski definition) is 2. The van der Waals surface area contributed by atoms with Crippen molar-refractivity contribution in [1.29, 1.82) is 0 Å².